The van der Waals surface area contributed by atoms with Crippen LogP contribution in [-0.2, 0) is 17.2 Å². The van der Waals surface area contributed by atoms with E-state index < -0.39 is 0 Å². The van der Waals surface area contributed by atoms with Gasteiger partial charge in [-0.05, 0) is 31.4 Å². The number of halogens is 1. The Morgan fingerprint density at radius 2 is 2.35 bits per heavy atom. The average Bonchev–Trinajstić information content (AvgIpc) is 3.05. The second-order valence-corrected chi connectivity index (χ2v) is 5.71. The summed E-state index contributed by atoms with van der Waals surface area (Å²) in [5.74, 6) is 1.85. The highest BCUT2D eigenvalue weighted by molar-refractivity contribution is 6.16. The van der Waals surface area contributed by atoms with Crippen molar-refractivity contribution in [2.45, 2.75) is 45.2 Å². The van der Waals surface area contributed by atoms with E-state index in [-0.39, 0.29) is 0 Å². The first kappa shape index (κ1) is 13.8. The maximum atomic E-state index is 6.07. The zero-order valence-corrected chi connectivity index (χ0v) is 12.7. The SMILES string of the molecule is CCC1OCCC1Cn1c(CCl)nc2c(C)ccnc21. The van der Waals surface area contributed by atoms with E-state index in [2.05, 4.69) is 28.4 Å². The first-order chi connectivity index (χ1) is 9.74. The highest BCUT2D eigenvalue weighted by Crippen LogP contribution is 2.28. The van der Waals surface area contributed by atoms with Crippen LogP contribution in [0.15, 0.2) is 12.3 Å². The van der Waals surface area contributed by atoms with Gasteiger partial charge in [-0.25, -0.2) is 9.97 Å². The lowest BCUT2D eigenvalue weighted by Crippen LogP contribution is -2.21. The predicted octanol–water partition coefficient (Wildman–Crippen LogP) is 3.29. The van der Waals surface area contributed by atoms with Crippen molar-refractivity contribution in [3.8, 4) is 0 Å². The van der Waals surface area contributed by atoms with Gasteiger partial charge in [0, 0.05) is 25.3 Å². The van der Waals surface area contributed by atoms with Crippen molar-refractivity contribution in [3.05, 3.63) is 23.7 Å². The molecule has 1 fully saturated rings. The number of fused-ring (bicyclic) bond motifs is 1. The summed E-state index contributed by atoms with van der Waals surface area (Å²) in [5, 5.41) is 0. The Kier molecular flexibility index (Phi) is 3.94. The molecule has 5 heteroatoms. The number of pyridine rings is 1. The van der Waals surface area contributed by atoms with E-state index in [0.29, 0.717) is 17.9 Å². The number of rotatable bonds is 4. The molecule has 0 aliphatic carbocycles. The fraction of sp³-hybridized carbons (Fsp3) is 0.600. The minimum absolute atomic E-state index is 0.348. The van der Waals surface area contributed by atoms with Crippen LogP contribution in [0.4, 0.5) is 0 Å². The molecule has 0 N–H and O–H groups in total. The molecular weight excluding hydrogens is 274 g/mol. The Morgan fingerprint density at radius 1 is 1.50 bits per heavy atom. The molecule has 1 saturated heterocycles. The van der Waals surface area contributed by atoms with Crippen molar-refractivity contribution < 1.29 is 4.74 Å². The fourth-order valence-corrected chi connectivity index (χ4v) is 3.27. The largest absolute Gasteiger partial charge is 0.378 e. The third-order valence-corrected chi connectivity index (χ3v) is 4.44. The van der Waals surface area contributed by atoms with E-state index in [1.165, 1.54) is 0 Å². The van der Waals surface area contributed by atoms with Crippen molar-refractivity contribution in [3.63, 3.8) is 0 Å². The maximum Gasteiger partial charge on any atom is 0.160 e. The summed E-state index contributed by atoms with van der Waals surface area (Å²) < 4.78 is 7.96. The van der Waals surface area contributed by atoms with Crippen molar-refractivity contribution in [1.29, 1.82) is 0 Å². The van der Waals surface area contributed by atoms with Crippen LogP contribution in [0.3, 0.4) is 0 Å². The number of nitrogens with zero attached hydrogens (tertiary/aromatic N) is 3. The van der Waals surface area contributed by atoms with Crippen LogP contribution in [0.1, 0.15) is 31.2 Å². The second-order valence-electron chi connectivity index (χ2n) is 5.44. The molecule has 2 aromatic heterocycles. The highest BCUT2D eigenvalue weighted by Gasteiger charge is 2.28. The average molecular weight is 294 g/mol. The molecule has 0 bridgehead atoms. The van der Waals surface area contributed by atoms with E-state index in [1.54, 1.807) is 0 Å². The lowest BCUT2D eigenvalue weighted by molar-refractivity contribution is 0.0836. The Balaban J connectivity index is 1.99. The minimum atomic E-state index is 0.348. The van der Waals surface area contributed by atoms with E-state index in [1.807, 2.05) is 12.3 Å². The summed E-state index contributed by atoms with van der Waals surface area (Å²) in [4.78, 5) is 9.16. The summed E-state index contributed by atoms with van der Waals surface area (Å²) in [6.07, 6.45) is 4.35. The number of alkyl halides is 1. The maximum absolute atomic E-state index is 6.07. The van der Waals surface area contributed by atoms with Gasteiger partial charge in [0.25, 0.3) is 0 Å². The Bertz CT molecular complexity index is 610. The van der Waals surface area contributed by atoms with Crippen molar-refractivity contribution >= 4 is 22.8 Å². The lowest BCUT2D eigenvalue weighted by Gasteiger charge is -2.18. The van der Waals surface area contributed by atoms with Crippen LogP contribution in [-0.4, -0.2) is 27.2 Å². The van der Waals surface area contributed by atoms with Gasteiger partial charge in [-0.3, -0.25) is 0 Å². The van der Waals surface area contributed by atoms with Crippen LogP contribution in [0, 0.1) is 12.8 Å². The van der Waals surface area contributed by atoms with Crippen LogP contribution in [0.25, 0.3) is 11.2 Å². The monoisotopic (exact) mass is 293 g/mol. The van der Waals surface area contributed by atoms with Gasteiger partial charge < -0.3 is 9.30 Å². The summed E-state index contributed by atoms with van der Waals surface area (Å²) in [5.41, 5.74) is 3.06. The van der Waals surface area contributed by atoms with Gasteiger partial charge in [-0.1, -0.05) is 6.92 Å². The molecule has 2 unspecified atom stereocenters. The molecule has 3 rings (SSSR count). The highest BCUT2D eigenvalue weighted by atomic mass is 35.5. The molecule has 1 aliphatic rings. The van der Waals surface area contributed by atoms with Gasteiger partial charge in [0.1, 0.15) is 11.3 Å². The molecule has 0 amide bonds. The van der Waals surface area contributed by atoms with E-state index >= 15 is 0 Å². The van der Waals surface area contributed by atoms with Gasteiger partial charge >= 0.3 is 0 Å². The van der Waals surface area contributed by atoms with E-state index in [4.69, 9.17) is 16.3 Å². The summed E-state index contributed by atoms with van der Waals surface area (Å²) in [6, 6.07) is 1.99. The molecule has 0 spiro atoms. The molecule has 2 aromatic rings. The number of hydrogen-bond donors (Lipinski definition) is 0. The molecule has 0 saturated carbocycles. The number of imidazole rings is 1. The molecule has 2 atom stereocenters. The first-order valence-electron chi connectivity index (χ1n) is 7.22. The smallest absolute Gasteiger partial charge is 0.160 e. The standard InChI is InChI=1S/C15H20ClN3O/c1-3-12-11(5-7-20-12)9-19-13(8-16)18-14-10(2)4-6-17-15(14)19/h4,6,11-12H,3,5,7-9H2,1-2H3. The van der Waals surface area contributed by atoms with Crippen LogP contribution in [0.2, 0.25) is 0 Å². The first-order valence-corrected chi connectivity index (χ1v) is 7.76. The van der Waals surface area contributed by atoms with Crippen molar-refractivity contribution in [2.24, 2.45) is 5.92 Å². The zero-order valence-electron chi connectivity index (χ0n) is 12.0. The molecule has 0 aromatic carbocycles. The third-order valence-electron chi connectivity index (χ3n) is 4.20. The molecule has 20 heavy (non-hydrogen) atoms. The fourth-order valence-electron chi connectivity index (χ4n) is 3.06. The minimum Gasteiger partial charge on any atom is -0.378 e. The van der Waals surface area contributed by atoms with E-state index in [9.17, 15) is 0 Å². The number of ether oxygens (including phenoxy) is 1. The second kappa shape index (κ2) is 5.70. The summed E-state index contributed by atoms with van der Waals surface area (Å²) >= 11 is 6.07. The predicted molar refractivity (Wildman–Crippen MR) is 80.0 cm³/mol. The Hall–Kier alpha value is -1.13. The lowest BCUT2D eigenvalue weighted by atomic mass is 9.99. The Labute approximate surface area is 124 Å². The number of aromatic nitrogens is 3. The van der Waals surface area contributed by atoms with Gasteiger partial charge in [0.05, 0.1) is 12.0 Å². The molecule has 1 aliphatic heterocycles. The van der Waals surface area contributed by atoms with E-state index in [0.717, 1.165) is 48.5 Å². The van der Waals surface area contributed by atoms with Gasteiger partial charge in [-0.15, -0.1) is 11.6 Å². The van der Waals surface area contributed by atoms with Gasteiger partial charge in [0.15, 0.2) is 5.65 Å². The molecule has 3 heterocycles. The summed E-state index contributed by atoms with van der Waals surface area (Å²) in [7, 11) is 0. The normalized spacial score (nSPS) is 22.8. The van der Waals surface area contributed by atoms with Gasteiger partial charge in [0.2, 0.25) is 0 Å². The Morgan fingerprint density at radius 3 is 3.10 bits per heavy atom. The summed E-state index contributed by atoms with van der Waals surface area (Å²) in [6.45, 7) is 6.00. The van der Waals surface area contributed by atoms with Crippen molar-refractivity contribution in [2.75, 3.05) is 6.61 Å². The van der Waals surface area contributed by atoms with Crippen LogP contribution >= 0.6 is 11.6 Å². The zero-order chi connectivity index (χ0) is 14.1. The number of hydrogen-bond acceptors (Lipinski definition) is 3. The van der Waals surface area contributed by atoms with Gasteiger partial charge in [-0.2, -0.15) is 0 Å². The molecule has 4 nitrogen and oxygen atoms in total. The van der Waals surface area contributed by atoms with Crippen molar-refractivity contribution in [1.82, 2.24) is 14.5 Å². The molecule has 0 radical (unpaired) electrons. The van der Waals surface area contributed by atoms with Crippen LogP contribution in [0.5, 0.6) is 0 Å². The number of aryl methyl sites for hydroxylation is 1. The quantitative estimate of drug-likeness (QED) is 0.812. The topological polar surface area (TPSA) is 39.9 Å². The van der Waals surface area contributed by atoms with Crippen LogP contribution < -0.4 is 0 Å². The molecule has 108 valence electrons. The third kappa shape index (κ3) is 2.31. The molecular formula is C15H20ClN3O.